The first-order valence-electron chi connectivity index (χ1n) is 7.05. The van der Waals surface area contributed by atoms with Crippen LogP contribution in [0.1, 0.15) is 22.1 Å². The summed E-state index contributed by atoms with van der Waals surface area (Å²) in [5.74, 6) is 0. The van der Waals surface area contributed by atoms with Gasteiger partial charge in [0.2, 0.25) is 0 Å². The van der Waals surface area contributed by atoms with Gasteiger partial charge in [0.25, 0.3) is 0 Å². The normalized spacial score (nSPS) is 14.9. The molecule has 3 rings (SSSR count). The van der Waals surface area contributed by atoms with Crippen molar-refractivity contribution in [1.82, 2.24) is 9.97 Å². The third-order valence-corrected chi connectivity index (χ3v) is 4.56. The minimum absolute atomic E-state index is 0.520. The van der Waals surface area contributed by atoms with E-state index in [4.69, 9.17) is 23.2 Å². The molecule has 2 unspecified atom stereocenters. The van der Waals surface area contributed by atoms with E-state index in [2.05, 4.69) is 9.97 Å². The van der Waals surface area contributed by atoms with E-state index in [1.54, 1.807) is 36.7 Å². The molecule has 116 valence electrons. The molecule has 23 heavy (non-hydrogen) atoms. The first-order valence-corrected chi connectivity index (χ1v) is 7.86. The van der Waals surface area contributed by atoms with Crippen LogP contribution in [-0.2, 0) is 5.60 Å². The second kappa shape index (κ2) is 6.67. The molecule has 0 spiro atoms. The summed E-state index contributed by atoms with van der Waals surface area (Å²) in [7, 11) is 0. The average Bonchev–Trinajstić information content (AvgIpc) is 2.62. The first-order chi connectivity index (χ1) is 11.1. The maximum Gasteiger partial charge on any atom is 0.138 e. The van der Waals surface area contributed by atoms with Gasteiger partial charge in [-0.15, -0.1) is 11.6 Å². The first kappa shape index (κ1) is 15.9. The lowest BCUT2D eigenvalue weighted by molar-refractivity contribution is 0.0746. The summed E-state index contributed by atoms with van der Waals surface area (Å²) in [5.41, 5.74) is 0.469. The SMILES string of the molecule is OC(c1ccc(Cl)cc1)(c1cncnc1)C(Cl)c1ccccc1. The number of aromatic nitrogens is 2. The summed E-state index contributed by atoms with van der Waals surface area (Å²) in [6, 6.07) is 16.4. The monoisotopic (exact) mass is 344 g/mol. The minimum atomic E-state index is -1.48. The number of alkyl halides is 1. The van der Waals surface area contributed by atoms with Crippen molar-refractivity contribution in [3.8, 4) is 0 Å². The van der Waals surface area contributed by atoms with Crippen molar-refractivity contribution in [2.24, 2.45) is 0 Å². The highest BCUT2D eigenvalue weighted by Crippen LogP contribution is 2.44. The van der Waals surface area contributed by atoms with E-state index in [1.165, 1.54) is 6.33 Å². The van der Waals surface area contributed by atoms with Crippen LogP contribution in [0.15, 0.2) is 73.3 Å². The van der Waals surface area contributed by atoms with Gasteiger partial charge in [0.15, 0.2) is 0 Å². The van der Waals surface area contributed by atoms with Crippen LogP contribution in [0, 0.1) is 0 Å². The fraction of sp³-hybridized carbons (Fsp3) is 0.111. The van der Waals surface area contributed by atoms with E-state index in [9.17, 15) is 5.11 Å². The van der Waals surface area contributed by atoms with Crippen LogP contribution < -0.4 is 0 Å². The van der Waals surface area contributed by atoms with Gasteiger partial charge in [-0.1, -0.05) is 54.1 Å². The number of benzene rings is 2. The smallest absolute Gasteiger partial charge is 0.138 e. The van der Waals surface area contributed by atoms with Gasteiger partial charge in [0, 0.05) is 23.0 Å². The molecule has 0 aliphatic rings. The molecule has 0 radical (unpaired) electrons. The van der Waals surface area contributed by atoms with Gasteiger partial charge in [-0.2, -0.15) is 0 Å². The quantitative estimate of drug-likeness (QED) is 0.715. The predicted molar refractivity (Wildman–Crippen MR) is 91.5 cm³/mol. The Balaban J connectivity index is 2.16. The van der Waals surface area contributed by atoms with Gasteiger partial charge < -0.3 is 5.11 Å². The van der Waals surface area contributed by atoms with E-state index < -0.39 is 11.0 Å². The van der Waals surface area contributed by atoms with Crippen LogP contribution in [0.2, 0.25) is 5.02 Å². The fourth-order valence-corrected chi connectivity index (χ4v) is 3.05. The number of hydrogen-bond acceptors (Lipinski definition) is 3. The van der Waals surface area contributed by atoms with Gasteiger partial charge in [-0.05, 0) is 23.3 Å². The zero-order valence-electron chi connectivity index (χ0n) is 12.1. The highest BCUT2D eigenvalue weighted by Gasteiger charge is 2.40. The van der Waals surface area contributed by atoms with Gasteiger partial charge in [-0.25, -0.2) is 9.97 Å². The Morgan fingerprint density at radius 3 is 2.09 bits per heavy atom. The lowest BCUT2D eigenvalue weighted by atomic mass is 9.82. The van der Waals surface area contributed by atoms with Crippen LogP contribution in [0.4, 0.5) is 0 Å². The molecule has 0 saturated heterocycles. The van der Waals surface area contributed by atoms with Crippen LogP contribution in [0.25, 0.3) is 0 Å². The molecule has 2 aromatic carbocycles. The van der Waals surface area contributed by atoms with Crippen molar-refractivity contribution < 1.29 is 5.11 Å². The molecule has 0 fully saturated rings. The maximum absolute atomic E-state index is 11.5. The summed E-state index contributed by atoms with van der Waals surface area (Å²) in [4.78, 5) is 8.03. The molecule has 1 N–H and O–H groups in total. The predicted octanol–water partition coefficient (Wildman–Crippen LogP) is 4.35. The molecule has 5 heteroatoms. The number of aliphatic hydroxyl groups is 1. The highest BCUT2D eigenvalue weighted by atomic mass is 35.5. The van der Waals surface area contributed by atoms with E-state index in [-0.39, 0.29) is 0 Å². The Hall–Kier alpha value is -1.94. The van der Waals surface area contributed by atoms with Crippen molar-refractivity contribution in [1.29, 1.82) is 0 Å². The number of halogens is 2. The summed E-state index contributed by atoms with van der Waals surface area (Å²) >= 11 is 12.6. The van der Waals surface area contributed by atoms with Gasteiger partial charge in [0.05, 0.1) is 5.38 Å². The topological polar surface area (TPSA) is 46.0 Å². The summed E-state index contributed by atoms with van der Waals surface area (Å²) < 4.78 is 0. The Morgan fingerprint density at radius 2 is 1.48 bits per heavy atom. The largest absolute Gasteiger partial charge is 0.378 e. The molecule has 3 aromatic rings. The Morgan fingerprint density at radius 1 is 0.870 bits per heavy atom. The Labute approximate surface area is 144 Å². The number of nitrogens with zero attached hydrogens (tertiary/aromatic N) is 2. The lowest BCUT2D eigenvalue weighted by Crippen LogP contribution is -2.32. The van der Waals surface area contributed by atoms with Crippen molar-refractivity contribution >= 4 is 23.2 Å². The van der Waals surface area contributed by atoms with Gasteiger partial charge >= 0.3 is 0 Å². The Bertz CT molecular complexity index is 766. The molecule has 1 aromatic heterocycles. The standard InChI is InChI=1S/C18H14Cl2N2O/c19-16-8-6-14(7-9-16)18(23,15-10-21-12-22-11-15)17(20)13-4-2-1-3-5-13/h1-12,17,23H. The van der Waals surface area contributed by atoms with Crippen LogP contribution in [0.3, 0.4) is 0 Å². The van der Waals surface area contributed by atoms with E-state index in [1.807, 2.05) is 30.3 Å². The number of rotatable bonds is 4. The van der Waals surface area contributed by atoms with E-state index >= 15 is 0 Å². The summed E-state index contributed by atoms with van der Waals surface area (Å²) in [5, 5.41) is 11.4. The van der Waals surface area contributed by atoms with Crippen LogP contribution in [0.5, 0.6) is 0 Å². The van der Waals surface area contributed by atoms with E-state index in [0.29, 0.717) is 16.1 Å². The van der Waals surface area contributed by atoms with Crippen molar-refractivity contribution in [3.63, 3.8) is 0 Å². The number of hydrogen-bond donors (Lipinski definition) is 1. The van der Waals surface area contributed by atoms with Crippen LogP contribution >= 0.6 is 23.2 Å². The molecular weight excluding hydrogens is 331 g/mol. The molecule has 0 aliphatic heterocycles. The molecular formula is C18H14Cl2N2O. The summed E-state index contributed by atoms with van der Waals surface area (Å²) in [6.07, 6.45) is 4.55. The molecule has 0 aliphatic carbocycles. The minimum Gasteiger partial charge on any atom is -0.378 e. The molecule has 0 saturated carbocycles. The average molecular weight is 345 g/mol. The third-order valence-electron chi connectivity index (χ3n) is 3.74. The molecule has 0 bridgehead atoms. The summed E-state index contributed by atoms with van der Waals surface area (Å²) in [6.45, 7) is 0. The Kier molecular flexibility index (Phi) is 4.62. The zero-order valence-corrected chi connectivity index (χ0v) is 13.6. The fourth-order valence-electron chi connectivity index (χ4n) is 2.52. The third kappa shape index (κ3) is 3.08. The van der Waals surface area contributed by atoms with Crippen molar-refractivity contribution in [2.45, 2.75) is 11.0 Å². The highest BCUT2D eigenvalue weighted by molar-refractivity contribution is 6.30. The maximum atomic E-state index is 11.5. The van der Waals surface area contributed by atoms with Gasteiger partial charge in [-0.3, -0.25) is 0 Å². The zero-order chi connectivity index (χ0) is 16.3. The van der Waals surface area contributed by atoms with Crippen molar-refractivity contribution in [2.75, 3.05) is 0 Å². The molecule has 3 nitrogen and oxygen atoms in total. The second-order valence-electron chi connectivity index (χ2n) is 5.17. The molecule has 1 heterocycles. The molecule has 0 amide bonds. The lowest BCUT2D eigenvalue weighted by Gasteiger charge is -2.33. The van der Waals surface area contributed by atoms with Crippen LogP contribution in [-0.4, -0.2) is 15.1 Å². The van der Waals surface area contributed by atoms with Crippen molar-refractivity contribution in [3.05, 3.63) is 95.0 Å². The molecule has 2 atom stereocenters. The second-order valence-corrected chi connectivity index (χ2v) is 6.05. The van der Waals surface area contributed by atoms with E-state index in [0.717, 1.165) is 5.56 Å². The van der Waals surface area contributed by atoms with Gasteiger partial charge in [0.1, 0.15) is 11.9 Å².